The monoisotopic (exact) mass is 585 g/mol. The number of aromatic nitrogens is 4. The van der Waals surface area contributed by atoms with Gasteiger partial charge >= 0.3 is 12.1 Å². The fourth-order valence-electron chi connectivity index (χ4n) is 3.92. The van der Waals surface area contributed by atoms with E-state index in [1.54, 1.807) is 24.7 Å². The van der Waals surface area contributed by atoms with E-state index in [1.165, 1.54) is 32.3 Å². The van der Waals surface area contributed by atoms with E-state index in [1.807, 2.05) is 6.92 Å². The molecule has 220 valence electrons. The van der Waals surface area contributed by atoms with Crippen molar-refractivity contribution in [2.24, 2.45) is 0 Å². The Balaban J connectivity index is 1.78. The molecule has 3 atom stereocenters. The van der Waals surface area contributed by atoms with Gasteiger partial charge in [-0.3, -0.25) is 9.36 Å². The number of hydrogen-bond acceptors (Lipinski definition) is 8. The molecule has 0 radical (unpaired) electrons. The Morgan fingerprint density at radius 2 is 1.82 bits per heavy atom. The van der Waals surface area contributed by atoms with Gasteiger partial charge in [0.15, 0.2) is 11.5 Å². The van der Waals surface area contributed by atoms with Crippen molar-refractivity contribution in [2.75, 3.05) is 18.7 Å². The minimum Gasteiger partial charge on any atom is -0.464 e. The summed E-state index contributed by atoms with van der Waals surface area (Å²) in [6, 6.07) is 3.89. The number of halogens is 3. The van der Waals surface area contributed by atoms with Gasteiger partial charge in [-0.25, -0.2) is 25.1 Å². The summed E-state index contributed by atoms with van der Waals surface area (Å²) < 4.78 is 66.1. The van der Waals surface area contributed by atoms with E-state index in [2.05, 4.69) is 25.1 Å². The molecule has 4 N–H and O–H groups in total. The van der Waals surface area contributed by atoms with Crippen LogP contribution in [0.3, 0.4) is 0 Å². The highest BCUT2D eigenvalue weighted by atomic mass is 31.2. The average molecular weight is 586 g/mol. The summed E-state index contributed by atoms with van der Waals surface area (Å²) in [5.74, 6) is -0.363. The summed E-state index contributed by atoms with van der Waals surface area (Å²) in [7, 11) is -3.71. The van der Waals surface area contributed by atoms with E-state index >= 15 is 0 Å². The van der Waals surface area contributed by atoms with Gasteiger partial charge in [0.2, 0.25) is 7.44 Å². The van der Waals surface area contributed by atoms with Gasteiger partial charge in [0.05, 0.1) is 31.1 Å². The van der Waals surface area contributed by atoms with Gasteiger partial charge in [-0.2, -0.15) is 13.2 Å². The van der Waals surface area contributed by atoms with Crippen LogP contribution in [-0.4, -0.2) is 50.1 Å². The first-order valence-corrected chi connectivity index (χ1v) is 14.6. The number of ether oxygens (including phenoxy) is 2. The lowest BCUT2D eigenvalue weighted by atomic mass is 10.1. The standard InChI is InChI=1S/C25H35F3N7O4P/c1-6-11-38-23(36)24(4,5)34-40(37,33-17(3)18-7-9-19(10-8-18)25(26,27)28)15-39-16(2)12-35-14-32-20-21(29)30-13-31-22(20)35/h7-10,13-14,16-17H,6,11-12,15H2,1-5H3,(H2,29,30,31)(H2,33,34,37)/t16-,17+,40?/m0/s1. The average Bonchev–Trinajstić information content (AvgIpc) is 3.29. The summed E-state index contributed by atoms with van der Waals surface area (Å²) in [4.78, 5) is 25.0. The van der Waals surface area contributed by atoms with Gasteiger partial charge in [-0.05, 0) is 51.8 Å². The fourth-order valence-corrected chi connectivity index (χ4v) is 6.35. The van der Waals surface area contributed by atoms with Crippen LogP contribution in [-0.2, 0) is 31.6 Å². The molecule has 15 heteroatoms. The number of benzene rings is 1. The van der Waals surface area contributed by atoms with Crippen molar-refractivity contribution >= 4 is 30.4 Å². The van der Waals surface area contributed by atoms with Gasteiger partial charge in [-0.1, -0.05) is 19.1 Å². The number of anilines is 1. The Hall–Kier alpha value is -3.06. The van der Waals surface area contributed by atoms with Crippen LogP contribution < -0.4 is 15.9 Å². The lowest BCUT2D eigenvalue weighted by molar-refractivity contribution is -0.149. The van der Waals surface area contributed by atoms with Crippen LogP contribution in [0, 0.1) is 0 Å². The van der Waals surface area contributed by atoms with Gasteiger partial charge < -0.3 is 19.8 Å². The zero-order chi connectivity index (χ0) is 29.7. The zero-order valence-corrected chi connectivity index (χ0v) is 23.9. The first-order chi connectivity index (χ1) is 18.6. The second-order valence-corrected chi connectivity index (χ2v) is 12.2. The maximum Gasteiger partial charge on any atom is 0.416 e. The van der Waals surface area contributed by atoms with Crippen LogP contribution in [0.2, 0.25) is 0 Å². The minimum absolute atomic E-state index is 0.199. The van der Waals surface area contributed by atoms with Gasteiger partial charge in [0, 0.05) is 6.04 Å². The van der Waals surface area contributed by atoms with E-state index in [4.69, 9.17) is 15.2 Å². The Kier molecular flexibility index (Phi) is 9.94. The second kappa shape index (κ2) is 12.6. The third-order valence-electron chi connectivity index (χ3n) is 5.97. The van der Waals surface area contributed by atoms with Crippen LogP contribution in [0.15, 0.2) is 36.9 Å². The van der Waals surface area contributed by atoms with Crippen LogP contribution in [0.4, 0.5) is 19.0 Å². The first-order valence-electron chi connectivity index (χ1n) is 12.7. The van der Waals surface area contributed by atoms with Crippen molar-refractivity contribution in [3.63, 3.8) is 0 Å². The maximum atomic E-state index is 14.2. The highest BCUT2D eigenvalue weighted by Crippen LogP contribution is 2.42. The topological polar surface area (TPSA) is 146 Å². The summed E-state index contributed by atoms with van der Waals surface area (Å²) in [5, 5.41) is 5.84. The molecule has 3 rings (SSSR count). The number of esters is 1. The number of rotatable bonds is 13. The fraction of sp³-hybridized carbons (Fsp3) is 0.520. The smallest absolute Gasteiger partial charge is 0.416 e. The van der Waals surface area contributed by atoms with E-state index < -0.39 is 42.8 Å². The third kappa shape index (κ3) is 8.00. The number of nitrogens with zero attached hydrogens (tertiary/aromatic N) is 4. The molecule has 40 heavy (non-hydrogen) atoms. The predicted octanol–water partition coefficient (Wildman–Crippen LogP) is 4.66. The number of nitrogen functional groups attached to an aromatic ring is 1. The van der Waals surface area contributed by atoms with Crippen molar-refractivity contribution in [2.45, 2.75) is 71.4 Å². The molecule has 0 bridgehead atoms. The number of alkyl halides is 3. The molecule has 0 spiro atoms. The quantitative estimate of drug-likeness (QED) is 0.191. The van der Waals surface area contributed by atoms with E-state index in [0.29, 0.717) is 29.7 Å². The van der Waals surface area contributed by atoms with Crippen molar-refractivity contribution in [1.82, 2.24) is 29.7 Å². The van der Waals surface area contributed by atoms with Crippen molar-refractivity contribution < 1.29 is 32.0 Å². The molecule has 3 aromatic rings. The summed E-state index contributed by atoms with van der Waals surface area (Å²) >= 11 is 0. The summed E-state index contributed by atoms with van der Waals surface area (Å²) in [6.07, 6.45) is -1.81. The Bertz CT molecular complexity index is 1350. The summed E-state index contributed by atoms with van der Waals surface area (Å²) in [5.41, 5.74) is 5.12. The van der Waals surface area contributed by atoms with Crippen molar-refractivity contribution in [3.05, 3.63) is 48.0 Å². The predicted molar refractivity (Wildman–Crippen MR) is 144 cm³/mol. The summed E-state index contributed by atoms with van der Waals surface area (Å²) in [6.45, 7) is 8.84. The Labute approximate surface area is 230 Å². The molecule has 1 aromatic carbocycles. The molecule has 0 aliphatic rings. The SMILES string of the molecule is CCCOC(=O)C(C)(C)NP(=O)(CO[C@@H](C)Cn1cnc2c(N)ncnc21)N[C@H](C)c1ccc(C(F)(F)F)cc1. The van der Waals surface area contributed by atoms with E-state index in [0.717, 1.165) is 12.1 Å². The Morgan fingerprint density at radius 1 is 1.15 bits per heavy atom. The highest BCUT2D eigenvalue weighted by molar-refractivity contribution is 7.59. The maximum absolute atomic E-state index is 14.2. The van der Waals surface area contributed by atoms with Crippen molar-refractivity contribution in [3.8, 4) is 0 Å². The number of carbonyl (C=O) groups is 1. The Morgan fingerprint density at radius 3 is 2.45 bits per heavy atom. The van der Waals surface area contributed by atoms with Gasteiger partial charge in [0.25, 0.3) is 0 Å². The second-order valence-electron chi connectivity index (χ2n) is 10.0. The molecule has 1 unspecified atom stereocenters. The number of carbonyl (C=O) groups excluding carboxylic acids is 1. The van der Waals surface area contributed by atoms with Gasteiger partial charge in [0.1, 0.15) is 23.7 Å². The van der Waals surface area contributed by atoms with Gasteiger partial charge in [-0.15, -0.1) is 0 Å². The van der Waals surface area contributed by atoms with Crippen LogP contribution in [0.25, 0.3) is 11.2 Å². The molecule has 0 aliphatic heterocycles. The molecule has 0 saturated heterocycles. The molecule has 0 saturated carbocycles. The minimum atomic E-state index is -4.47. The molecule has 0 fully saturated rings. The normalized spacial score (nSPS) is 15.5. The first kappa shape index (κ1) is 31.5. The van der Waals surface area contributed by atoms with Crippen LogP contribution in [0.1, 0.15) is 58.2 Å². The molecule has 0 amide bonds. The molecular weight excluding hydrogens is 550 g/mol. The zero-order valence-electron chi connectivity index (χ0n) is 23.0. The lowest BCUT2D eigenvalue weighted by Crippen LogP contribution is -2.49. The number of hydrogen-bond donors (Lipinski definition) is 3. The number of nitrogens with two attached hydrogens (primary N) is 1. The third-order valence-corrected chi connectivity index (χ3v) is 8.21. The number of nitrogens with one attached hydrogen (secondary N) is 2. The lowest BCUT2D eigenvalue weighted by Gasteiger charge is -2.33. The molecule has 2 heterocycles. The molecule has 11 nitrogen and oxygen atoms in total. The number of imidazole rings is 1. The van der Waals surface area contributed by atoms with Crippen molar-refractivity contribution in [1.29, 1.82) is 0 Å². The van der Waals surface area contributed by atoms with E-state index in [-0.39, 0.29) is 18.8 Å². The molecule has 2 aromatic heterocycles. The number of fused-ring (bicyclic) bond motifs is 1. The highest BCUT2D eigenvalue weighted by Gasteiger charge is 2.38. The molecular formula is C25H35F3N7O4P. The largest absolute Gasteiger partial charge is 0.464 e. The van der Waals surface area contributed by atoms with Crippen LogP contribution >= 0.6 is 7.44 Å². The van der Waals surface area contributed by atoms with Crippen LogP contribution in [0.5, 0.6) is 0 Å². The molecule has 0 aliphatic carbocycles. The van der Waals surface area contributed by atoms with E-state index in [9.17, 15) is 22.5 Å².